The van der Waals surface area contributed by atoms with Crippen molar-refractivity contribution in [1.29, 1.82) is 0 Å². The molecule has 3 heterocycles. The summed E-state index contributed by atoms with van der Waals surface area (Å²) in [6, 6.07) is 9.07. The first kappa shape index (κ1) is 17.8. The normalized spacial score (nSPS) is 31.4. The summed E-state index contributed by atoms with van der Waals surface area (Å²) < 4.78 is 5.29. The van der Waals surface area contributed by atoms with Crippen molar-refractivity contribution in [2.45, 2.75) is 57.5 Å². The summed E-state index contributed by atoms with van der Waals surface area (Å²) in [5.74, 6) is 2.22. The van der Waals surface area contributed by atoms with E-state index in [-0.39, 0.29) is 5.91 Å². The van der Waals surface area contributed by atoms with Crippen LogP contribution in [-0.4, -0.2) is 54.5 Å². The Balaban J connectivity index is 1.49. The lowest BCUT2D eigenvalue weighted by Crippen LogP contribution is -2.62. The van der Waals surface area contributed by atoms with E-state index in [9.17, 15) is 4.79 Å². The van der Waals surface area contributed by atoms with Crippen molar-refractivity contribution in [3.63, 3.8) is 0 Å². The number of amides is 1. The lowest BCUT2D eigenvalue weighted by Gasteiger charge is -2.55. The van der Waals surface area contributed by atoms with E-state index in [4.69, 9.17) is 4.74 Å². The number of nitrogens with zero attached hydrogens (tertiary/aromatic N) is 2. The van der Waals surface area contributed by atoms with Gasteiger partial charge in [0, 0.05) is 37.3 Å². The number of likely N-dealkylation sites (tertiary alicyclic amines) is 1. The Hall–Kier alpha value is -1.55. The standard InChI is InChI=1S/C22H32N2O2/c1-3-6-19-8-5-10-21-18-11-16(14-24(19)21)13-23(15-18)22(25)17-7-4-9-20(12-17)26-2/h4,7,9,12,16,18-19,21H,3,5-6,8,10-11,13-15H2,1-2H3/t16-,18+,19-,21-/m0/s1. The number of hydrogen-bond acceptors (Lipinski definition) is 3. The van der Waals surface area contributed by atoms with Crippen molar-refractivity contribution in [2.24, 2.45) is 11.8 Å². The number of rotatable bonds is 4. The summed E-state index contributed by atoms with van der Waals surface area (Å²) in [5.41, 5.74) is 0.758. The van der Waals surface area contributed by atoms with Crippen LogP contribution in [0.5, 0.6) is 5.75 Å². The number of fused-ring (bicyclic) bond motifs is 4. The lowest BCUT2D eigenvalue weighted by atomic mass is 9.74. The zero-order valence-electron chi connectivity index (χ0n) is 16.2. The molecule has 4 atom stereocenters. The Morgan fingerprint density at radius 3 is 2.92 bits per heavy atom. The molecule has 4 rings (SSSR count). The summed E-state index contributed by atoms with van der Waals surface area (Å²) in [7, 11) is 1.65. The fourth-order valence-corrected chi connectivity index (χ4v) is 5.66. The third-order valence-corrected chi connectivity index (χ3v) is 6.74. The molecule has 1 amide bonds. The fourth-order valence-electron chi connectivity index (χ4n) is 5.66. The molecule has 3 saturated heterocycles. The summed E-state index contributed by atoms with van der Waals surface area (Å²) in [5, 5.41) is 0. The van der Waals surface area contributed by atoms with Gasteiger partial charge < -0.3 is 9.64 Å². The van der Waals surface area contributed by atoms with Crippen LogP contribution in [0, 0.1) is 11.8 Å². The van der Waals surface area contributed by atoms with Crippen LogP contribution >= 0.6 is 0 Å². The average molecular weight is 357 g/mol. The van der Waals surface area contributed by atoms with Gasteiger partial charge in [0.1, 0.15) is 5.75 Å². The van der Waals surface area contributed by atoms with E-state index in [1.54, 1.807) is 7.11 Å². The number of piperidine rings is 3. The molecule has 26 heavy (non-hydrogen) atoms. The Labute approximate surface area is 157 Å². The number of benzene rings is 1. The first-order valence-electron chi connectivity index (χ1n) is 10.4. The number of methoxy groups -OCH3 is 1. The first-order chi connectivity index (χ1) is 12.7. The first-order valence-corrected chi connectivity index (χ1v) is 10.4. The molecule has 142 valence electrons. The van der Waals surface area contributed by atoms with Gasteiger partial charge in [0.25, 0.3) is 5.91 Å². The van der Waals surface area contributed by atoms with E-state index < -0.39 is 0 Å². The largest absolute Gasteiger partial charge is 0.497 e. The van der Waals surface area contributed by atoms with Crippen LogP contribution in [0.4, 0.5) is 0 Å². The van der Waals surface area contributed by atoms with Crippen LogP contribution in [-0.2, 0) is 0 Å². The molecule has 0 spiro atoms. The van der Waals surface area contributed by atoms with Crippen LogP contribution in [0.15, 0.2) is 24.3 Å². The van der Waals surface area contributed by atoms with Crippen molar-refractivity contribution in [2.75, 3.05) is 26.7 Å². The molecule has 1 aromatic rings. The van der Waals surface area contributed by atoms with E-state index >= 15 is 0 Å². The van der Waals surface area contributed by atoms with E-state index in [1.807, 2.05) is 24.3 Å². The maximum absolute atomic E-state index is 13.1. The average Bonchev–Trinajstić information content (AvgIpc) is 2.68. The SMILES string of the molecule is CCC[C@H]1CCC[C@H]2[C@@H]3C[C@@H](CN(C(=O)c4cccc(OC)c4)C3)CN12. The monoisotopic (exact) mass is 356 g/mol. The Morgan fingerprint density at radius 1 is 1.23 bits per heavy atom. The predicted molar refractivity (Wildman–Crippen MR) is 104 cm³/mol. The van der Waals surface area contributed by atoms with Crippen molar-refractivity contribution < 1.29 is 9.53 Å². The molecule has 3 fully saturated rings. The predicted octanol–water partition coefficient (Wildman–Crippen LogP) is 3.81. The van der Waals surface area contributed by atoms with Crippen molar-refractivity contribution in [1.82, 2.24) is 9.80 Å². The van der Waals surface area contributed by atoms with Gasteiger partial charge in [0.05, 0.1) is 7.11 Å². The molecule has 0 radical (unpaired) electrons. The van der Waals surface area contributed by atoms with Gasteiger partial charge in [0.15, 0.2) is 0 Å². The lowest BCUT2D eigenvalue weighted by molar-refractivity contribution is -0.0519. The number of ether oxygens (including phenoxy) is 1. The molecule has 1 aromatic carbocycles. The van der Waals surface area contributed by atoms with E-state index in [0.29, 0.717) is 17.9 Å². The van der Waals surface area contributed by atoms with Gasteiger partial charge in [-0.15, -0.1) is 0 Å². The zero-order valence-corrected chi connectivity index (χ0v) is 16.2. The molecule has 4 nitrogen and oxygen atoms in total. The van der Waals surface area contributed by atoms with Gasteiger partial charge in [-0.3, -0.25) is 9.69 Å². The molecular weight excluding hydrogens is 324 g/mol. The quantitative estimate of drug-likeness (QED) is 0.822. The van der Waals surface area contributed by atoms with Crippen LogP contribution in [0.1, 0.15) is 55.8 Å². The van der Waals surface area contributed by atoms with E-state index in [1.165, 1.54) is 45.1 Å². The molecule has 3 aliphatic heterocycles. The van der Waals surface area contributed by atoms with Crippen LogP contribution in [0.3, 0.4) is 0 Å². The topological polar surface area (TPSA) is 32.8 Å². The minimum atomic E-state index is 0.174. The minimum Gasteiger partial charge on any atom is -0.497 e. The second-order valence-electron chi connectivity index (χ2n) is 8.44. The molecule has 0 aliphatic carbocycles. The van der Waals surface area contributed by atoms with Gasteiger partial charge in [-0.2, -0.15) is 0 Å². The van der Waals surface area contributed by atoms with E-state index in [0.717, 1.165) is 30.4 Å². The number of hydrogen-bond donors (Lipinski definition) is 0. The molecule has 4 heteroatoms. The molecule has 0 aromatic heterocycles. The third-order valence-electron chi connectivity index (χ3n) is 6.74. The minimum absolute atomic E-state index is 0.174. The molecule has 0 saturated carbocycles. The van der Waals surface area contributed by atoms with Gasteiger partial charge in [0.2, 0.25) is 0 Å². The highest BCUT2D eigenvalue weighted by Gasteiger charge is 2.45. The Bertz CT molecular complexity index is 645. The maximum Gasteiger partial charge on any atom is 0.254 e. The highest BCUT2D eigenvalue weighted by atomic mass is 16.5. The van der Waals surface area contributed by atoms with Crippen LogP contribution in [0.2, 0.25) is 0 Å². The highest BCUT2D eigenvalue weighted by molar-refractivity contribution is 5.94. The van der Waals surface area contributed by atoms with Crippen LogP contribution in [0.25, 0.3) is 0 Å². The zero-order chi connectivity index (χ0) is 18.1. The van der Waals surface area contributed by atoms with Crippen LogP contribution < -0.4 is 4.74 Å². The molecule has 0 N–H and O–H groups in total. The van der Waals surface area contributed by atoms with Crippen molar-refractivity contribution >= 4 is 5.91 Å². The molecular formula is C22H32N2O2. The summed E-state index contributed by atoms with van der Waals surface area (Å²) in [4.78, 5) is 18.0. The van der Waals surface area contributed by atoms with Gasteiger partial charge >= 0.3 is 0 Å². The third kappa shape index (κ3) is 3.36. The Morgan fingerprint density at radius 2 is 2.12 bits per heavy atom. The van der Waals surface area contributed by atoms with E-state index in [2.05, 4.69) is 16.7 Å². The molecule has 2 bridgehead atoms. The fraction of sp³-hybridized carbons (Fsp3) is 0.682. The summed E-state index contributed by atoms with van der Waals surface area (Å²) >= 11 is 0. The van der Waals surface area contributed by atoms with Gasteiger partial charge in [-0.1, -0.05) is 25.8 Å². The van der Waals surface area contributed by atoms with Crippen molar-refractivity contribution in [3.8, 4) is 5.75 Å². The van der Waals surface area contributed by atoms with Gasteiger partial charge in [-0.05, 0) is 55.7 Å². The molecule has 3 aliphatic rings. The van der Waals surface area contributed by atoms with Gasteiger partial charge in [-0.25, -0.2) is 0 Å². The number of carbonyl (C=O) groups is 1. The summed E-state index contributed by atoms with van der Waals surface area (Å²) in [6.45, 7) is 5.33. The Kier molecular flexibility index (Phi) is 5.21. The second-order valence-corrected chi connectivity index (χ2v) is 8.44. The second kappa shape index (κ2) is 7.59. The maximum atomic E-state index is 13.1. The molecule has 0 unspecified atom stereocenters. The van der Waals surface area contributed by atoms with Crippen molar-refractivity contribution in [3.05, 3.63) is 29.8 Å². The number of carbonyl (C=O) groups excluding carboxylic acids is 1. The smallest absolute Gasteiger partial charge is 0.254 e. The highest BCUT2D eigenvalue weighted by Crippen LogP contribution is 2.40. The summed E-state index contributed by atoms with van der Waals surface area (Å²) in [6.07, 6.45) is 7.97.